The van der Waals surface area contributed by atoms with Crippen LogP contribution in [0.2, 0.25) is 0 Å². The molecule has 0 bridgehead atoms. The van der Waals surface area contributed by atoms with Crippen LogP contribution < -0.4 is 11.1 Å². The molecule has 1 amide bonds. The summed E-state index contributed by atoms with van der Waals surface area (Å²) in [6.07, 6.45) is 0.745. The van der Waals surface area contributed by atoms with Gasteiger partial charge in [0.05, 0.1) is 11.5 Å². The predicted molar refractivity (Wildman–Crippen MR) is 79.9 cm³/mol. The van der Waals surface area contributed by atoms with Gasteiger partial charge in [0.15, 0.2) is 0 Å². The van der Waals surface area contributed by atoms with E-state index in [1.54, 1.807) is 0 Å². The van der Waals surface area contributed by atoms with E-state index in [9.17, 15) is 4.79 Å². The second-order valence-corrected chi connectivity index (χ2v) is 5.67. The van der Waals surface area contributed by atoms with Gasteiger partial charge in [0.2, 0.25) is 5.91 Å². The number of hydrogen-bond acceptors (Lipinski definition) is 2. The van der Waals surface area contributed by atoms with Gasteiger partial charge in [-0.15, -0.1) is 0 Å². The number of carbonyl (C=O) groups excluding carboxylic acids is 1. The molecule has 2 atom stereocenters. The van der Waals surface area contributed by atoms with E-state index in [-0.39, 0.29) is 11.9 Å². The van der Waals surface area contributed by atoms with E-state index in [4.69, 9.17) is 5.73 Å². The van der Waals surface area contributed by atoms with Crippen LogP contribution in [0, 0.1) is 19.3 Å². The van der Waals surface area contributed by atoms with E-state index in [1.165, 1.54) is 16.7 Å². The lowest BCUT2D eigenvalue weighted by molar-refractivity contribution is -0.130. The van der Waals surface area contributed by atoms with Gasteiger partial charge < -0.3 is 11.1 Å². The molecule has 3 N–H and O–H groups in total. The summed E-state index contributed by atoms with van der Waals surface area (Å²) < 4.78 is 0. The molecular weight excluding hydrogens is 236 g/mol. The van der Waals surface area contributed by atoms with Crippen LogP contribution in [0.3, 0.4) is 0 Å². The van der Waals surface area contributed by atoms with E-state index in [0.717, 1.165) is 6.42 Å². The highest BCUT2D eigenvalue weighted by Crippen LogP contribution is 2.23. The maximum Gasteiger partial charge on any atom is 0.227 e. The Balaban J connectivity index is 2.88. The van der Waals surface area contributed by atoms with Crippen LogP contribution in [0.4, 0.5) is 0 Å². The molecule has 0 aliphatic carbocycles. The summed E-state index contributed by atoms with van der Waals surface area (Å²) in [4.78, 5) is 12.3. The van der Waals surface area contributed by atoms with Gasteiger partial charge in [-0.05, 0) is 45.2 Å². The highest BCUT2D eigenvalue weighted by atomic mass is 16.2. The van der Waals surface area contributed by atoms with E-state index >= 15 is 0 Å². The number of nitrogens with two attached hydrogens (primary N) is 1. The molecule has 0 aromatic heterocycles. The summed E-state index contributed by atoms with van der Waals surface area (Å²) in [5.41, 5.74) is 8.82. The molecule has 0 saturated carbocycles. The maximum atomic E-state index is 12.3. The molecule has 3 nitrogen and oxygen atoms in total. The molecular formula is C16H26N2O. The third-order valence-corrected chi connectivity index (χ3v) is 4.03. The minimum absolute atomic E-state index is 0.00447. The number of hydrogen-bond donors (Lipinski definition) is 2. The third-order valence-electron chi connectivity index (χ3n) is 4.03. The Kier molecular flexibility index (Phi) is 5.12. The summed E-state index contributed by atoms with van der Waals surface area (Å²) in [6, 6.07) is 6.31. The van der Waals surface area contributed by atoms with Gasteiger partial charge in [0.1, 0.15) is 0 Å². The molecule has 0 saturated heterocycles. The minimum Gasteiger partial charge on any atom is -0.349 e. The van der Waals surface area contributed by atoms with Crippen molar-refractivity contribution in [3.8, 4) is 0 Å². The largest absolute Gasteiger partial charge is 0.349 e. The van der Waals surface area contributed by atoms with E-state index in [2.05, 4.69) is 37.4 Å². The van der Waals surface area contributed by atoms with Crippen molar-refractivity contribution < 1.29 is 4.79 Å². The average Bonchev–Trinajstić information content (AvgIpc) is 2.40. The van der Waals surface area contributed by atoms with E-state index in [1.807, 2.05) is 20.8 Å². The molecule has 1 aromatic rings. The van der Waals surface area contributed by atoms with Crippen LogP contribution >= 0.6 is 0 Å². The third kappa shape index (κ3) is 3.57. The smallest absolute Gasteiger partial charge is 0.227 e. The van der Waals surface area contributed by atoms with Crippen LogP contribution in [0.1, 0.15) is 49.9 Å². The second-order valence-electron chi connectivity index (χ2n) is 5.67. The lowest BCUT2D eigenvalue weighted by Gasteiger charge is -2.28. The van der Waals surface area contributed by atoms with Crippen LogP contribution in [-0.4, -0.2) is 12.5 Å². The Morgan fingerprint density at radius 2 is 2.05 bits per heavy atom. The highest BCUT2D eigenvalue weighted by Gasteiger charge is 2.30. The molecule has 1 aromatic carbocycles. The molecule has 2 unspecified atom stereocenters. The second kappa shape index (κ2) is 6.20. The van der Waals surface area contributed by atoms with Gasteiger partial charge in [-0.1, -0.05) is 30.7 Å². The first kappa shape index (κ1) is 15.7. The van der Waals surface area contributed by atoms with Crippen molar-refractivity contribution in [2.45, 2.75) is 47.1 Å². The van der Waals surface area contributed by atoms with Crippen LogP contribution in [-0.2, 0) is 4.79 Å². The first-order chi connectivity index (χ1) is 8.84. The predicted octanol–water partition coefficient (Wildman–Crippen LogP) is 2.86. The maximum absolute atomic E-state index is 12.3. The molecule has 3 heteroatoms. The van der Waals surface area contributed by atoms with Gasteiger partial charge in [0.25, 0.3) is 0 Å². The summed E-state index contributed by atoms with van der Waals surface area (Å²) in [7, 11) is 0. The van der Waals surface area contributed by atoms with Crippen LogP contribution in [0.5, 0.6) is 0 Å². The standard InChI is InChI=1S/C16H26N2O/c1-6-16(5,10-17)15(19)18-13(4)14-9-11(2)7-8-12(14)3/h7-9,13H,6,10,17H2,1-5H3,(H,18,19). The normalized spacial score (nSPS) is 15.7. The van der Waals surface area contributed by atoms with Crippen molar-refractivity contribution in [1.29, 1.82) is 0 Å². The number of amides is 1. The van der Waals surface area contributed by atoms with Gasteiger partial charge in [-0.2, -0.15) is 0 Å². The van der Waals surface area contributed by atoms with E-state index < -0.39 is 5.41 Å². The van der Waals surface area contributed by atoms with Crippen molar-refractivity contribution in [3.05, 3.63) is 34.9 Å². The number of rotatable bonds is 5. The Morgan fingerprint density at radius 3 is 2.58 bits per heavy atom. The minimum atomic E-state index is -0.480. The zero-order valence-corrected chi connectivity index (χ0v) is 12.7. The summed E-state index contributed by atoms with van der Waals surface area (Å²) in [6.45, 7) is 10.4. The van der Waals surface area contributed by atoms with Crippen molar-refractivity contribution in [1.82, 2.24) is 5.32 Å². The molecule has 0 heterocycles. The first-order valence-electron chi connectivity index (χ1n) is 6.92. The molecule has 1 rings (SSSR count). The van der Waals surface area contributed by atoms with Crippen molar-refractivity contribution in [2.75, 3.05) is 6.54 Å². The molecule has 19 heavy (non-hydrogen) atoms. The van der Waals surface area contributed by atoms with E-state index in [0.29, 0.717) is 6.54 Å². The highest BCUT2D eigenvalue weighted by molar-refractivity contribution is 5.82. The number of carbonyl (C=O) groups is 1. The Hall–Kier alpha value is -1.35. The Bertz CT molecular complexity index is 450. The fourth-order valence-corrected chi connectivity index (χ4v) is 2.07. The zero-order valence-electron chi connectivity index (χ0n) is 12.7. The van der Waals surface area contributed by atoms with Crippen molar-refractivity contribution >= 4 is 5.91 Å². The van der Waals surface area contributed by atoms with Gasteiger partial charge in [-0.25, -0.2) is 0 Å². The number of nitrogens with one attached hydrogen (secondary N) is 1. The summed E-state index contributed by atoms with van der Waals surface area (Å²) >= 11 is 0. The molecule has 0 aliphatic rings. The lowest BCUT2D eigenvalue weighted by Crippen LogP contribution is -2.44. The summed E-state index contributed by atoms with van der Waals surface area (Å²) in [5.74, 6) is 0.0332. The molecule has 0 radical (unpaired) electrons. The molecule has 0 aliphatic heterocycles. The van der Waals surface area contributed by atoms with Gasteiger partial charge >= 0.3 is 0 Å². The van der Waals surface area contributed by atoms with Gasteiger partial charge in [-0.3, -0.25) is 4.79 Å². The van der Waals surface area contributed by atoms with Gasteiger partial charge in [0, 0.05) is 6.54 Å². The zero-order chi connectivity index (χ0) is 14.6. The quantitative estimate of drug-likeness (QED) is 0.857. The van der Waals surface area contributed by atoms with Crippen molar-refractivity contribution in [3.63, 3.8) is 0 Å². The average molecular weight is 262 g/mol. The Labute approximate surface area is 116 Å². The summed E-state index contributed by atoms with van der Waals surface area (Å²) in [5, 5.41) is 3.09. The first-order valence-corrected chi connectivity index (χ1v) is 6.92. The van der Waals surface area contributed by atoms with Crippen LogP contribution in [0.15, 0.2) is 18.2 Å². The van der Waals surface area contributed by atoms with Crippen molar-refractivity contribution in [2.24, 2.45) is 11.1 Å². The fraction of sp³-hybridized carbons (Fsp3) is 0.562. The molecule has 0 spiro atoms. The lowest BCUT2D eigenvalue weighted by atomic mass is 9.86. The monoisotopic (exact) mass is 262 g/mol. The number of benzene rings is 1. The SMILES string of the molecule is CCC(C)(CN)C(=O)NC(C)c1cc(C)ccc1C. The van der Waals surface area contributed by atoms with Crippen LogP contribution in [0.25, 0.3) is 0 Å². The topological polar surface area (TPSA) is 55.1 Å². The molecule has 0 fully saturated rings. The molecule has 106 valence electrons. The fourth-order valence-electron chi connectivity index (χ4n) is 2.07. The number of aryl methyl sites for hydroxylation is 2. The Morgan fingerprint density at radius 1 is 1.42 bits per heavy atom.